The summed E-state index contributed by atoms with van der Waals surface area (Å²) in [5, 5.41) is 20.9. The molecule has 0 heterocycles. The van der Waals surface area contributed by atoms with Gasteiger partial charge in [-0.2, -0.15) is 0 Å². The Kier molecular flexibility index (Phi) is 5.67. The van der Waals surface area contributed by atoms with Crippen LogP contribution in [0.1, 0.15) is 11.1 Å². The lowest BCUT2D eigenvalue weighted by Gasteiger charge is -2.10. The molecule has 0 atom stereocenters. The van der Waals surface area contributed by atoms with Crippen molar-refractivity contribution < 1.29 is 10.2 Å². The summed E-state index contributed by atoms with van der Waals surface area (Å²) in [5.74, 6) is 0.308. The molecule has 4 nitrogen and oxygen atoms in total. The topological polar surface area (TPSA) is 65.2 Å². The molecule has 0 spiro atoms. The molecule has 0 radical (unpaired) electrons. The molecule has 4 rings (SSSR count). The Labute approximate surface area is 175 Å². The number of hydrogen-bond acceptors (Lipinski definition) is 4. The van der Waals surface area contributed by atoms with Gasteiger partial charge in [0.25, 0.3) is 0 Å². The molecule has 0 saturated heterocycles. The van der Waals surface area contributed by atoms with Gasteiger partial charge in [0.15, 0.2) is 0 Å². The summed E-state index contributed by atoms with van der Waals surface area (Å²) in [6.07, 6.45) is 3.27. The second-order valence-electron chi connectivity index (χ2n) is 6.67. The molecule has 0 bridgehead atoms. The van der Waals surface area contributed by atoms with Gasteiger partial charge in [0.2, 0.25) is 0 Å². The average molecular weight is 392 g/mol. The summed E-state index contributed by atoms with van der Waals surface area (Å²) in [4.78, 5) is 8.99. The maximum atomic E-state index is 10.9. The highest BCUT2D eigenvalue weighted by Crippen LogP contribution is 2.37. The van der Waals surface area contributed by atoms with E-state index in [4.69, 9.17) is 0 Å². The Morgan fingerprint density at radius 1 is 0.533 bits per heavy atom. The molecule has 0 fully saturated rings. The number of nitrogens with zero attached hydrogens (tertiary/aromatic N) is 2. The van der Waals surface area contributed by atoms with Gasteiger partial charge in [-0.25, -0.2) is 0 Å². The summed E-state index contributed by atoms with van der Waals surface area (Å²) in [6, 6.07) is 29.7. The molecular formula is C26H20N2O2. The molecule has 0 saturated carbocycles. The number of hydrogen-bond donors (Lipinski definition) is 2. The molecule has 4 heteroatoms. The number of aliphatic imine (C=N–C) groups is 2. The minimum Gasteiger partial charge on any atom is -0.507 e. The van der Waals surface area contributed by atoms with E-state index in [0.717, 1.165) is 11.3 Å². The fourth-order valence-electron chi connectivity index (χ4n) is 3.09. The highest BCUT2D eigenvalue weighted by atomic mass is 16.3. The van der Waals surface area contributed by atoms with E-state index in [1.165, 1.54) is 0 Å². The van der Waals surface area contributed by atoms with Crippen molar-refractivity contribution in [1.29, 1.82) is 0 Å². The Hall–Kier alpha value is -4.18. The molecule has 30 heavy (non-hydrogen) atoms. The first-order valence-electron chi connectivity index (χ1n) is 9.55. The lowest BCUT2D eigenvalue weighted by atomic mass is 10.00. The highest BCUT2D eigenvalue weighted by molar-refractivity contribution is 5.93. The van der Waals surface area contributed by atoms with E-state index in [2.05, 4.69) is 9.98 Å². The number of para-hydroxylation sites is 4. The van der Waals surface area contributed by atoms with Crippen LogP contribution in [0.4, 0.5) is 11.4 Å². The summed E-state index contributed by atoms with van der Waals surface area (Å²) >= 11 is 0. The minimum absolute atomic E-state index is 0.141. The minimum atomic E-state index is 0.141. The summed E-state index contributed by atoms with van der Waals surface area (Å²) in [7, 11) is 0. The zero-order valence-corrected chi connectivity index (χ0v) is 16.2. The second-order valence-corrected chi connectivity index (χ2v) is 6.67. The zero-order chi connectivity index (χ0) is 20.8. The van der Waals surface area contributed by atoms with Gasteiger partial charge in [-0.05, 0) is 36.4 Å². The van der Waals surface area contributed by atoms with Gasteiger partial charge in [-0.15, -0.1) is 0 Å². The highest BCUT2D eigenvalue weighted by Gasteiger charge is 2.11. The smallest absolute Gasteiger partial charge is 0.132 e. The largest absolute Gasteiger partial charge is 0.507 e. The Bertz CT molecular complexity index is 1210. The number of rotatable bonds is 5. The third-order valence-corrected chi connectivity index (χ3v) is 4.65. The van der Waals surface area contributed by atoms with Crippen molar-refractivity contribution in [2.45, 2.75) is 0 Å². The average Bonchev–Trinajstić information content (AvgIpc) is 2.79. The van der Waals surface area contributed by atoms with E-state index in [1.54, 1.807) is 30.6 Å². The maximum absolute atomic E-state index is 10.9. The predicted molar refractivity (Wildman–Crippen MR) is 123 cm³/mol. The summed E-state index contributed by atoms with van der Waals surface area (Å²) in [5.41, 5.74) is 4.20. The van der Waals surface area contributed by atoms with E-state index >= 15 is 0 Å². The summed E-state index contributed by atoms with van der Waals surface area (Å²) in [6.45, 7) is 0. The Morgan fingerprint density at radius 3 is 2.00 bits per heavy atom. The number of aromatic hydroxyl groups is 2. The van der Waals surface area contributed by atoms with Crippen molar-refractivity contribution in [2.24, 2.45) is 9.98 Å². The molecule has 2 N–H and O–H groups in total. The molecule has 0 amide bonds. The van der Waals surface area contributed by atoms with Crippen LogP contribution in [0.25, 0.3) is 11.1 Å². The molecule has 146 valence electrons. The molecule has 0 unspecified atom stereocenters. The number of phenols is 2. The van der Waals surface area contributed by atoms with Crippen LogP contribution in [0, 0.1) is 0 Å². The maximum Gasteiger partial charge on any atom is 0.132 e. The van der Waals surface area contributed by atoms with E-state index < -0.39 is 0 Å². The molecule has 4 aromatic rings. The van der Waals surface area contributed by atoms with Gasteiger partial charge in [0, 0.05) is 34.7 Å². The van der Waals surface area contributed by atoms with Gasteiger partial charge in [-0.1, -0.05) is 60.7 Å². The third-order valence-electron chi connectivity index (χ3n) is 4.65. The first-order valence-corrected chi connectivity index (χ1v) is 9.55. The van der Waals surface area contributed by atoms with Crippen LogP contribution < -0.4 is 0 Å². The van der Waals surface area contributed by atoms with Crippen molar-refractivity contribution in [1.82, 2.24) is 0 Å². The molecule has 0 aliphatic rings. The van der Waals surface area contributed by atoms with Gasteiger partial charge in [0.1, 0.15) is 11.5 Å². The van der Waals surface area contributed by atoms with Crippen LogP contribution in [-0.4, -0.2) is 22.6 Å². The molecular weight excluding hydrogens is 372 g/mol. The van der Waals surface area contributed by atoms with Crippen LogP contribution in [0.2, 0.25) is 0 Å². The molecule has 0 aromatic heterocycles. The predicted octanol–water partition coefficient (Wildman–Crippen LogP) is 6.27. The number of phenolic OH excluding ortho intramolecular Hbond substituents is 2. The van der Waals surface area contributed by atoms with Crippen LogP contribution in [0.5, 0.6) is 11.5 Å². The van der Waals surface area contributed by atoms with Gasteiger partial charge < -0.3 is 10.2 Å². The van der Waals surface area contributed by atoms with E-state index in [-0.39, 0.29) is 11.5 Å². The van der Waals surface area contributed by atoms with Crippen LogP contribution >= 0.6 is 0 Å². The standard InChI is InChI=1S/C26H20N2O2/c29-25-16-7-4-9-19(25)17-28-24-15-6-5-13-22(24)23-14-8-10-20(26(23)30)18-27-21-11-2-1-3-12-21/h1-18,29-30H. The first-order chi connectivity index (χ1) is 14.7. The fraction of sp³-hybridized carbons (Fsp3) is 0. The van der Waals surface area contributed by atoms with Gasteiger partial charge in [0.05, 0.1) is 11.4 Å². The Balaban J connectivity index is 1.70. The van der Waals surface area contributed by atoms with Crippen molar-refractivity contribution in [3.8, 4) is 22.6 Å². The van der Waals surface area contributed by atoms with Crippen molar-refractivity contribution in [3.05, 3.63) is 108 Å². The molecule has 0 aliphatic heterocycles. The third kappa shape index (κ3) is 4.28. The monoisotopic (exact) mass is 392 g/mol. The van der Waals surface area contributed by atoms with E-state index in [0.29, 0.717) is 22.4 Å². The van der Waals surface area contributed by atoms with Gasteiger partial charge in [-0.3, -0.25) is 9.98 Å². The Morgan fingerprint density at radius 2 is 1.17 bits per heavy atom. The van der Waals surface area contributed by atoms with E-state index in [9.17, 15) is 10.2 Å². The fourth-order valence-corrected chi connectivity index (χ4v) is 3.09. The second kappa shape index (κ2) is 8.88. The summed E-state index contributed by atoms with van der Waals surface area (Å²) < 4.78 is 0. The number of benzene rings is 4. The van der Waals surface area contributed by atoms with E-state index in [1.807, 2.05) is 78.9 Å². The zero-order valence-electron chi connectivity index (χ0n) is 16.2. The molecule has 0 aliphatic carbocycles. The van der Waals surface area contributed by atoms with Crippen LogP contribution in [-0.2, 0) is 0 Å². The van der Waals surface area contributed by atoms with Gasteiger partial charge >= 0.3 is 0 Å². The lowest BCUT2D eigenvalue weighted by molar-refractivity contribution is 0.474. The first kappa shape index (κ1) is 19.2. The van der Waals surface area contributed by atoms with Crippen molar-refractivity contribution >= 4 is 23.8 Å². The molecule has 4 aromatic carbocycles. The normalized spacial score (nSPS) is 11.3. The van der Waals surface area contributed by atoms with Crippen molar-refractivity contribution in [3.63, 3.8) is 0 Å². The SMILES string of the molecule is Oc1ccccc1C=Nc1ccccc1-c1cccc(C=Nc2ccccc2)c1O. The van der Waals surface area contributed by atoms with Crippen molar-refractivity contribution in [2.75, 3.05) is 0 Å². The lowest BCUT2D eigenvalue weighted by Crippen LogP contribution is -1.88. The van der Waals surface area contributed by atoms with Crippen LogP contribution in [0.15, 0.2) is 107 Å². The quantitative estimate of drug-likeness (QED) is 0.393. The van der Waals surface area contributed by atoms with Crippen LogP contribution in [0.3, 0.4) is 0 Å².